The Morgan fingerprint density at radius 2 is 1.97 bits per heavy atom. The fourth-order valence-corrected chi connectivity index (χ4v) is 7.41. The molecule has 4 aliphatic carbocycles. The maximum absolute atomic E-state index is 13.1. The molecule has 0 heterocycles. The summed E-state index contributed by atoms with van der Waals surface area (Å²) in [5, 5.41) is 21.2. The van der Waals surface area contributed by atoms with E-state index in [0.29, 0.717) is 19.3 Å². The summed E-state index contributed by atoms with van der Waals surface area (Å²) in [5.41, 5.74) is -1.47. The molecule has 0 bridgehead atoms. The van der Waals surface area contributed by atoms with E-state index >= 15 is 0 Å². The maximum Gasteiger partial charge on any atom is 0.309 e. The van der Waals surface area contributed by atoms with Crippen LogP contribution in [0.2, 0.25) is 0 Å². The van der Waals surface area contributed by atoms with Gasteiger partial charge in [0.25, 0.3) is 0 Å². The fourth-order valence-electron chi connectivity index (χ4n) is 7.41. The van der Waals surface area contributed by atoms with Crippen LogP contribution in [0.25, 0.3) is 0 Å². The normalized spacial score (nSPS) is 43.7. The molecular weight excluding hydrogens is 396 g/mol. The summed E-state index contributed by atoms with van der Waals surface area (Å²) in [6.07, 6.45) is 7.56. The highest BCUT2D eigenvalue weighted by Gasteiger charge is 2.70. The van der Waals surface area contributed by atoms with E-state index in [1.807, 2.05) is 13.0 Å². The number of rotatable bonds is 4. The fraction of sp³-hybridized carbons (Fsp3) is 0.720. The minimum Gasteiger partial charge on any atom is -0.450 e. The van der Waals surface area contributed by atoms with Crippen LogP contribution < -0.4 is 0 Å². The van der Waals surface area contributed by atoms with Crippen LogP contribution in [-0.2, 0) is 19.1 Å². The number of hydrogen-bond donors (Lipinski definition) is 2. The van der Waals surface area contributed by atoms with E-state index in [1.54, 1.807) is 26.0 Å². The van der Waals surface area contributed by atoms with Gasteiger partial charge in [-0.25, -0.2) is 0 Å². The van der Waals surface area contributed by atoms with Gasteiger partial charge in [-0.05, 0) is 56.1 Å². The first-order valence-electron chi connectivity index (χ1n) is 11.5. The first-order chi connectivity index (χ1) is 14.5. The molecule has 0 saturated heterocycles. The van der Waals surface area contributed by atoms with E-state index in [0.717, 1.165) is 18.4 Å². The van der Waals surface area contributed by atoms with Crippen molar-refractivity contribution in [2.75, 3.05) is 6.61 Å². The minimum absolute atomic E-state index is 0.00455. The summed E-state index contributed by atoms with van der Waals surface area (Å²) >= 11 is 0. The van der Waals surface area contributed by atoms with E-state index < -0.39 is 46.8 Å². The van der Waals surface area contributed by atoms with E-state index in [1.165, 1.54) is 0 Å². The second-order valence-electron chi connectivity index (χ2n) is 10.7. The highest BCUT2D eigenvalue weighted by molar-refractivity contribution is 6.01. The van der Waals surface area contributed by atoms with Crippen LogP contribution in [0.15, 0.2) is 23.8 Å². The summed E-state index contributed by atoms with van der Waals surface area (Å²) in [5.74, 6) is -1.15. The number of ether oxygens (including phenoxy) is 1. The van der Waals surface area contributed by atoms with Gasteiger partial charge in [-0.15, -0.1) is 0 Å². The Hall–Kier alpha value is -1.79. The zero-order chi connectivity index (χ0) is 22.8. The first-order valence-corrected chi connectivity index (χ1v) is 11.5. The molecule has 0 aromatic rings. The van der Waals surface area contributed by atoms with Gasteiger partial charge in [0.15, 0.2) is 11.4 Å². The van der Waals surface area contributed by atoms with Gasteiger partial charge in [0.1, 0.15) is 6.61 Å². The Morgan fingerprint density at radius 1 is 1.26 bits per heavy atom. The molecule has 0 aromatic carbocycles. The molecule has 170 valence electrons. The zero-order valence-electron chi connectivity index (χ0n) is 18.9. The Balaban J connectivity index is 1.75. The average Bonchev–Trinajstić information content (AvgIpc) is 3.00. The molecule has 0 radical (unpaired) electrons. The Kier molecular flexibility index (Phi) is 5.33. The van der Waals surface area contributed by atoms with Crippen LogP contribution >= 0.6 is 0 Å². The molecule has 2 N–H and O–H groups in total. The number of allylic oxidation sites excluding steroid dienone is 4. The molecule has 0 spiro atoms. The second-order valence-corrected chi connectivity index (χ2v) is 10.7. The van der Waals surface area contributed by atoms with Crippen LogP contribution in [0.4, 0.5) is 0 Å². The van der Waals surface area contributed by atoms with Crippen molar-refractivity contribution >= 4 is 17.5 Å². The number of ketones is 2. The molecule has 0 aromatic heterocycles. The summed E-state index contributed by atoms with van der Waals surface area (Å²) < 4.78 is 5.93. The smallest absolute Gasteiger partial charge is 0.309 e. The van der Waals surface area contributed by atoms with Crippen molar-refractivity contribution in [2.24, 2.45) is 34.5 Å². The molecule has 0 aliphatic heterocycles. The van der Waals surface area contributed by atoms with E-state index in [2.05, 4.69) is 6.92 Å². The predicted molar refractivity (Wildman–Crippen MR) is 114 cm³/mol. The van der Waals surface area contributed by atoms with Crippen molar-refractivity contribution in [3.05, 3.63) is 23.8 Å². The van der Waals surface area contributed by atoms with Crippen LogP contribution in [-0.4, -0.2) is 46.1 Å². The van der Waals surface area contributed by atoms with Gasteiger partial charge in [0.05, 0.1) is 12.0 Å². The molecule has 6 heteroatoms. The van der Waals surface area contributed by atoms with Gasteiger partial charge >= 0.3 is 5.97 Å². The van der Waals surface area contributed by atoms with Crippen molar-refractivity contribution in [3.8, 4) is 0 Å². The lowest BCUT2D eigenvalue weighted by molar-refractivity contribution is -0.202. The topological polar surface area (TPSA) is 101 Å². The molecule has 4 rings (SSSR count). The van der Waals surface area contributed by atoms with Gasteiger partial charge in [-0.1, -0.05) is 39.3 Å². The van der Waals surface area contributed by atoms with Crippen molar-refractivity contribution < 1.29 is 29.3 Å². The molecule has 4 aliphatic rings. The van der Waals surface area contributed by atoms with E-state index in [-0.39, 0.29) is 23.5 Å². The van der Waals surface area contributed by atoms with Gasteiger partial charge < -0.3 is 14.9 Å². The number of Topliss-reactive ketones (excluding diaryl/α,β-unsaturated/α-hetero) is 1. The van der Waals surface area contributed by atoms with Crippen molar-refractivity contribution in [1.82, 2.24) is 0 Å². The highest BCUT2D eigenvalue weighted by Crippen LogP contribution is 2.67. The molecular formula is C25H34O6. The predicted octanol–water partition coefficient (Wildman–Crippen LogP) is 2.76. The summed E-state index contributed by atoms with van der Waals surface area (Å²) in [6, 6.07) is 0. The number of aliphatic hydroxyl groups excluding tert-OH is 2. The van der Waals surface area contributed by atoms with Gasteiger partial charge in [-0.2, -0.15) is 0 Å². The molecule has 31 heavy (non-hydrogen) atoms. The molecule has 6 nitrogen and oxygen atoms in total. The van der Waals surface area contributed by atoms with Crippen LogP contribution in [0.3, 0.4) is 0 Å². The number of fused-ring (bicyclic) bond motifs is 5. The Bertz CT molecular complexity index is 871. The molecule has 3 saturated carbocycles. The molecule has 3 fully saturated rings. The second kappa shape index (κ2) is 7.38. The SMILES string of the molecule is CC(C)C(=O)O[C@]1(C(=O)CO)CC[C@H]2[C@@H]3CCC4=CC(=O)C=C[C@]4(C)[C@H]3C(O)C[C@@]21C. The number of carbonyl (C=O) groups is 3. The summed E-state index contributed by atoms with van der Waals surface area (Å²) in [6.45, 7) is 6.83. The number of carbonyl (C=O) groups excluding carboxylic acids is 3. The highest BCUT2D eigenvalue weighted by atomic mass is 16.6. The van der Waals surface area contributed by atoms with Crippen molar-refractivity contribution in [2.45, 2.75) is 71.5 Å². The largest absolute Gasteiger partial charge is 0.450 e. The number of aliphatic hydroxyl groups is 2. The van der Waals surface area contributed by atoms with Crippen LogP contribution in [0, 0.1) is 34.5 Å². The summed E-state index contributed by atoms with van der Waals surface area (Å²) in [7, 11) is 0. The monoisotopic (exact) mass is 430 g/mol. The third-order valence-corrected chi connectivity index (χ3v) is 8.96. The third kappa shape index (κ3) is 3.01. The number of esters is 1. The van der Waals surface area contributed by atoms with Gasteiger partial charge in [0.2, 0.25) is 5.78 Å². The summed E-state index contributed by atoms with van der Waals surface area (Å²) in [4.78, 5) is 37.6. The molecule has 0 amide bonds. The van der Waals surface area contributed by atoms with Crippen molar-refractivity contribution in [3.63, 3.8) is 0 Å². The molecule has 7 atom stereocenters. The average molecular weight is 431 g/mol. The maximum atomic E-state index is 13.1. The minimum atomic E-state index is -1.41. The lowest BCUT2D eigenvalue weighted by Gasteiger charge is -2.59. The van der Waals surface area contributed by atoms with E-state index in [9.17, 15) is 24.6 Å². The van der Waals surface area contributed by atoms with Crippen molar-refractivity contribution in [1.29, 1.82) is 0 Å². The first kappa shape index (κ1) is 22.4. The van der Waals surface area contributed by atoms with Crippen LogP contribution in [0.5, 0.6) is 0 Å². The van der Waals surface area contributed by atoms with E-state index in [4.69, 9.17) is 4.74 Å². The van der Waals surface area contributed by atoms with Gasteiger partial charge in [-0.3, -0.25) is 14.4 Å². The molecule has 1 unspecified atom stereocenters. The van der Waals surface area contributed by atoms with Crippen LogP contribution in [0.1, 0.15) is 59.8 Å². The quantitative estimate of drug-likeness (QED) is 0.665. The number of hydrogen-bond acceptors (Lipinski definition) is 6. The zero-order valence-corrected chi connectivity index (χ0v) is 18.9. The standard InChI is InChI=1S/C25H34O6/c1-14(2)22(30)31-25(20(29)13-26)10-8-18-17-6-5-15-11-16(27)7-9-23(15,3)21(17)19(28)12-24(18,25)4/h7,9,11,14,17-19,21,26,28H,5-6,8,10,12-13H2,1-4H3/t17-,18-,19?,21+,23-,24-,25-/m0/s1. The Morgan fingerprint density at radius 3 is 2.61 bits per heavy atom. The Labute approximate surface area is 183 Å². The van der Waals surface area contributed by atoms with Gasteiger partial charge in [0, 0.05) is 16.7 Å². The third-order valence-electron chi connectivity index (χ3n) is 8.96. The lowest BCUT2D eigenvalue weighted by atomic mass is 9.46. The lowest BCUT2D eigenvalue weighted by Crippen LogP contribution is -2.63.